The summed E-state index contributed by atoms with van der Waals surface area (Å²) >= 11 is 2.79. The number of nitriles is 1. The van der Waals surface area contributed by atoms with Crippen LogP contribution in [0, 0.1) is 10.2 Å². The average molecular weight is 230 g/mol. The summed E-state index contributed by atoms with van der Waals surface area (Å²) in [6, 6.07) is 0. The van der Waals surface area contributed by atoms with E-state index in [1.165, 1.54) is 4.97 Å². The number of hydrogen-bond acceptors (Lipinski definition) is 1. The molecule has 12 N–H and O–H groups in total. The Balaban J connectivity index is -0.000000000952. The molecule has 0 saturated heterocycles. The molecular formula is CH13FeKNO6. The molecule has 9 heteroatoms. The van der Waals surface area contributed by atoms with Crippen LogP contribution in [0.15, 0.2) is 0 Å². The molecule has 10 heavy (non-hydrogen) atoms. The summed E-state index contributed by atoms with van der Waals surface area (Å²) in [6.07, 6.45) is 0. The third-order valence-corrected chi connectivity index (χ3v) is 0. The predicted molar refractivity (Wildman–Crippen MR) is 34.4 cm³/mol. The van der Waals surface area contributed by atoms with Crippen molar-refractivity contribution in [2.45, 2.75) is 0 Å². The Morgan fingerprint density at radius 1 is 0.800 bits per heavy atom. The first-order valence-electron chi connectivity index (χ1n) is 0.400. The molecule has 0 unspecified atom stereocenters. The maximum atomic E-state index is 7.21. The van der Waals surface area contributed by atoms with Crippen LogP contribution in [0.5, 0.6) is 0 Å². The van der Waals surface area contributed by atoms with Gasteiger partial charge in [0.05, 0.1) is 0 Å². The third-order valence-electron chi connectivity index (χ3n) is 0. The fraction of sp³-hybridized carbons (Fsp3) is 0. The molecule has 0 aromatic heterocycles. The van der Waals surface area contributed by atoms with Crippen molar-refractivity contribution in [1.82, 2.24) is 0 Å². The van der Waals surface area contributed by atoms with E-state index in [-0.39, 0.29) is 84.2 Å². The van der Waals surface area contributed by atoms with Gasteiger partial charge in [0.15, 0.2) is 0 Å². The van der Waals surface area contributed by atoms with Crippen LogP contribution in [0.3, 0.4) is 0 Å². The van der Waals surface area contributed by atoms with Crippen LogP contribution >= 0.6 is 0 Å². The van der Waals surface area contributed by atoms with E-state index in [0.717, 1.165) is 0 Å². The van der Waals surface area contributed by atoms with Gasteiger partial charge in [-0.2, -0.15) is 0 Å². The van der Waals surface area contributed by atoms with E-state index in [0.29, 0.717) is 0 Å². The third kappa shape index (κ3) is 336. The van der Waals surface area contributed by atoms with Crippen LogP contribution in [0.2, 0.25) is 0 Å². The van der Waals surface area contributed by atoms with Crippen molar-refractivity contribution >= 4 is 51.4 Å². The van der Waals surface area contributed by atoms with Crippen molar-refractivity contribution in [3.05, 3.63) is 0 Å². The van der Waals surface area contributed by atoms with E-state index >= 15 is 0 Å². The van der Waals surface area contributed by atoms with Crippen molar-refractivity contribution in [1.29, 1.82) is 5.26 Å². The van der Waals surface area contributed by atoms with Gasteiger partial charge in [-0.1, -0.05) is 0 Å². The molecule has 0 aliphatic carbocycles. The summed E-state index contributed by atoms with van der Waals surface area (Å²) < 4.78 is 0. The maximum absolute atomic E-state index is 7.21. The molecule has 67 valence electrons. The van der Waals surface area contributed by atoms with Crippen LogP contribution in [-0.2, 0) is 16.0 Å². The van der Waals surface area contributed by atoms with Gasteiger partial charge in [-0.05, 0) is 0 Å². The summed E-state index contributed by atoms with van der Waals surface area (Å²) in [7, 11) is 0. The second-order valence-electron chi connectivity index (χ2n) is 0.0791. The second-order valence-corrected chi connectivity index (χ2v) is 0.326. The molecule has 0 rings (SSSR count). The predicted octanol–water partition coefficient (Wildman–Crippen LogP) is -5.58. The normalized spacial score (nSPS) is 0.800. The molecule has 0 saturated carbocycles. The van der Waals surface area contributed by atoms with E-state index in [1.807, 2.05) is 0 Å². The fourth-order valence-corrected chi connectivity index (χ4v) is 0. The van der Waals surface area contributed by atoms with Gasteiger partial charge in [0, 0.05) is 0 Å². The molecule has 0 atom stereocenters. The summed E-state index contributed by atoms with van der Waals surface area (Å²) in [6.45, 7) is 0. The van der Waals surface area contributed by atoms with Gasteiger partial charge in [0.2, 0.25) is 0 Å². The molecule has 0 spiro atoms. The first kappa shape index (κ1) is 106. The molecule has 0 aromatic rings. The molecule has 0 fully saturated rings. The topological polar surface area (TPSA) is 213 Å². The Morgan fingerprint density at radius 2 is 0.800 bits per heavy atom. The van der Waals surface area contributed by atoms with Gasteiger partial charge in [-0.3, -0.25) is 0 Å². The van der Waals surface area contributed by atoms with Gasteiger partial charge in [0.1, 0.15) is 0 Å². The minimum absolute atomic E-state index is 0. The van der Waals surface area contributed by atoms with E-state index in [1.54, 1.807) is 0 Å². The quantitative estimate of drug-likeness (QED) is 0.365. The van der Waals surface area contributed by atoms with Crippen LogP contribution in [0.4, 0.5) is 0 Å². The van der Waals surface area contributed by atoms with E-state index in [4.69, 9.17) is 5.26 Å². The number of hydrogen-bond donors (Lipinski definition) is 0. The van der Waals surface area contributed by atoms with E-state index < -0.39 is 0 Å². The number of rotatable bonds is 0. The zero-order valence-electron chi connectivity index (χ0n) is 4.30. The van der Waals surface area contributed by atoms with Gasteiger partial charge in [-0.25, -0.2) is 0 Å². The van der Waals surface area contributed by atoms with Gasteiger partial charge >= 0.3 is 77.6 Å². The molecule has 0 radical (unpaired) electrons. The van der Waals surface area contributed by atoms with Crippen LogP contribution in [0.25, 0.3) is 0 Å². The molecule has 0 heterocycles. The average Bonchev–Trinajstić information content (AvgIpc) is 0.918. The zero-order chi connectivity index (χ0) is 2.71. The van der Waals surface area contributed by atoms with Crippen molar-refractivity contribution in [3.8, 4) is 4.97 Å². The van der Waals surface area contributed by atoms with Crippen molar-refractivity contribution in [2.75, 3.05) is 0 Å². The van der Waals surface area contributed by atoms with Gasteiger partial charge in [0.25, 0.3) is 0 Å². The van der Waals surface area contributed by atoms with Crippen molar-refractivity contribution in [2.24, 2.45) is 0 Å². The van der Waals surface area contributed by atoms with Gasteiger partial charge < -0.3 is 32.9 Å². The molecule has 0 amide bonds. The minimum atomic E-state index is 0. The van der Waals surface area contributed by atoms with Crippen molar-refractivity contribution in [3.63, 3.8) is 0 Å². The molecule has 0 bridgehead atoms. The SMILES string of the molecule is N#[C][Fe].O.O.O.O.O.O.[KH]. The molecule has 0 aliphatic heterocycles. The fourth-order valence-electron chi connectivity index (χ4n) is 0. The van der Waals surface area contributed by atoms with Gasteiger partial charge in [-0.15, -0.1) is 0 Å². The monoisotopic (exact) mass is 230 g/mol. The van der Waals surface area contributed by atoms with E-state index in [2.05, 4.69) is 16.0 Å². The Kier molecular flexibility index (Phi) is 1690. The Bertz CT molecular complexity index is 39.2. The summed E-state index contributed by atoms with van der Waals surface area (Å²) in [5.41, 5.74) is 0. The molecule has 7 nitrogen and oxygen atoms in total. The first-order chi connectivity index (χ1) is 1.41. The Hall–Kier alpha value is 1.41. The summed E-state index contributed by atoms with van der Waals surface area (Å²) in [5, 5.41) is 7.21. The molecule has 0 aromatic carbocycles. The van der Waals surface area contributed by atoms with Crippen molar-refractivity contribution < 1.29 is 48.9 Å². The molecule has 0 aliphatic rings. The first-order valence-corrected chi connectivity index (χ1v) is 0.952. The Labute approximate surface area is 109 Å². The standard InChI is InChI=1S/CN.Fe.K.6H2O.H/c1-2;;;;;;;;;/h;;;6*1H2;. The summed E-state index contributed by atoms with van der Waals surface area (Å²) in [4.78, 5) is 1.50. The van der Waals surface area contributed by atoms with Crippen LogP contribution in [0.1, 0.15) is 0 Å². The van der Waals surface area contributed by atoms with E-state index in [9.17, 15) is 0 Å². The van der Waals surface area contributed by atoms with Crippen LogP contribution in [-0.4, -0.2) is 84.2 Å². The summed E-state index contributed by atoms with van der Waals surface area (Å²) in [5.74, 6) is 0. The Morgan fingerprint density at radius 3 is 0.800 bits per heavy atom. The van der Waals surface area contributed by atoms with Crippen LogP contribution < -0.4 is 0 Å². The second kappa shape index (κ2) is 159. The zero-order valence-corrected chi connectivity index (χ0v) is 5.40. The molecular weight excluding hydrogens is 217 g/mol. The number of nitrogens with zero attached hydrogens (tertiary/aromatic N) is 1.